The number of rotatable bonds is 4. The molecule has 112 valence electrons. The van der Waals surface area contributed by atoms with Gasteiger partial charge in [0.2, 0.25) is 5.91 Å². The van der Waals surface area contributed by atoms with Crippen LogP contribution in [0, 0.1) is 0 Å². The Kier molecular flexibility index (Phi) is 4.36. The summed E-state index contributed by atoms with van der Waals surface area (Å²) in [7, 11) is 0. The van der Waals surface area contributed by atoms with E-state index >= 15 is 0 Å². The topological polar surface area (TPSA) is 57.8 Å². The van der Waals surface area contributed by atoms with Crippen molar-refractivity contribution in [2.24, 2.45) is 0 Å². The summed E-state index contributed by atoms with van der Waals surface area (Å²) in [6, 6.07) is 14.9. The van der Waals surface area contributed by atoms with Crippen LogP contribution in [0.4, 0.5) is 5.69 Å². The van der Waals surface area contributed by atoms with Gasteiger partial charge in [-0.3, -0.25) is 4.79 Å². The van der Waals surface area contributed by atoms with E-state index in [2.05, 4.69) is 15.3 Å². The summed E-state index contributed by atoms with van der Waals surface area (Å²) in [4.78, 5) is 19.9. The van der Waals surface area contributed by atoms with Crippen molar-refractivity contribution >= 4 is 46.0 Å². The van der Waals surface area contributed by atoms with E-state index in [4.69, 9.17) is 11.6 Å². The zero-order valence-corrected chi connectivity index (χ0v) is 13.4. The lowest BCUT2D eigenvalue weighted by molar-refractivity contribution is -0.115. The van der Waals surface area contributed by atoms with Gasteiger partial charge in [0.15, 0.2) is 5.16 Å². The van der Waals surface area contributed by atoms with Crippen LogP contribution in [0.15, 0.2) is 53.7 Å². The molecule has 0 bridgehead atoms. The first-order chi connectivity index (χ1) is 10.6. The number of carbonyl (C=O) groups is 1. The van der Waals surface area contributed by atoms with Crippen molar-refractivity contribution in [3.05, 3.63) is 53.6 Å². The number of imidazole rings is 1. The molecule has 4 nitrogen and oxygen atoms in total. The third-order valence-corrected chi connectivity index (χ3v) is 4.34. The van der Waals surface area contributed by atoms with Gasteiger partial charge >= 0.3 is 0 Å². The maximum Gasteiger partial charge on any atom is 0.237 e. The second-order valence-electron chi connectivity index (χ2n) is 4.82. The largest absolute Gasteiger partial charge is 0.333 e. The molecule has 22 heavy (non-hydrogen) atoms. The SMILES string of the molecule is CC(Sc1nc2ccccc2[nH]1)C(=O)Nc1cccc(Cl)c1. The van der Waals surface area contributed by atoms with Crippen molar-refractivity contribution in [1.82, 2.24) is 9.97 Å². The van der Waals surface area contributed by atoms with Crippen LogP contribution >= 0.6 is 23.4 Å². The normalized spacial score (nSPS) is 12.3. The summed E-state index contributed by atoms with van der Waals surface area (Å²) in [5.74, 6) is -0.0901. The van der Waals surface area contributed by atoms with Crippen LogP contribution in [0.3, 0.4) is 0 Å². The maximum absolute atomic E-state index is 12.2. The van der Waals surface area contributed by atoms with Gasteiger partial charge in [-0.2, -0.15) is 0 Å². The van der Waals surface area contributed by atoms with Crippen LogP contribution in [0.1, 0.15) is 6.92 Å². The van der Waals surface area contributed by atoms with Crippen molar-refractivity contribution in [1.29, 1.82) is 0 Å². The lowest BCUT2D eigenvalue weighted by Gasteiger charge is -2.10. The van der Waals surface area contributed by atoms with E-state index in [-0.39, 0.29) is 11.2 Å². The lowest BCUT2D eigenvalue weighted by atomic mass is 10.3. The van der Waals surface area contributed by atoms with Gasteiger partial charge in [-0.05, 0) is 37.3 Å². The first-order valence-corrected chi connectivity index (χ1v) is 8.05. The molecule has 3 rings (SSSR count). The average Bonchev–Trinajstić information content (AvgIpc) is 2.89. The Morgan fingerprint density at radius 1 is 1.27 bits per heavy atom. The molecular formula is C16H14ClN3OS. The van der Waals surface area contributed by atoms with Gasteiger partial charge in [0.05, 0.1) is 16.3 Å². The highest BCUT2D eigenvalue weighted by Crippen LogP contribution is 2.24. The Bertz CT molecular complexity index is 785. The molecule has 1 heterocycles. The number of thioether (sulfide) groups is 1. The van der Waals surface area contributed by atoms with Crippen LogP contribution in [-0.4, -0.2) is 21.1 Å². The fourth-order valence-electron chi connectivity index (χ4n) is 2.02. The molecule has 0 saturated carbocycles. The number of aromatic amines is 1. The Balaban J connectivity index is 1.68. The highest BCUT2D eigenvalue weighted by atomic mass is 35.5. The number of fused-ring (bicyclic) bond motifs is 1. The van der Waals surface area contributed by atoms with Crippen LogP contribution in [0.2, 0.25) is 5.02 Å². The van der Waals surface area contributed by atoms with Crippen LogP contribution in [0.5, 0.6) is 0 Å². The smallest absolute Gasteiger partial charge is 0.237 e. The van der Waals surface area contributed by atoms with Gasteiger partial charge in [0, 0.05) is 10.7 Å². The molecule has 1 atom stereocenters. The van der Waals surface area contributed by atoms with E-state index in [9.17, 15) is 4.79 Å². The van der Waals surface area contributed by atoms with Crippen LogP contribution in [-0.2, 0) is 4.79 Å². The van der Waals surface area contributed by atoms with Crippen LogP contribution < -0.4 is 5.32 Å². The number of hydrogen-bond donors (Lipinski definition) is 2. The summed E-state index contributed by atoms with van der Waals surface area (Å²) in [6.07, 6.45) is 0. The minimum absolute atomic E-state index is 0.0901. The highest BCUT2D eigenvalue weighted by molar-refractivity contribution is 8.00. The number of halogens is 1. The van der Waals surface area contributed by atoms with E-state index < -0.39 is 0 Å². The molecule has 1 aromatic heterocycles. The van der Waals surface area contributed by atoms with Gasteiger partial charge in [-0.1, -0.05) is 41.6 Å². The molecule has 0 aliphatic carbocycles. The Hall–Kier alpha value is -1.98. The fourth-order valence-corrected chi connectivity index (χ4v) is 3.03. The lowest BCUT2D eigenvalue weighted by Crippen LogP contribution is -2.22. The number of amides is 1. The van der Waals surface area contributed by atoms with E-state index in [1.54, 1.807) is 18.2 Å². The molecule has 0 aliphatic rings. The number of aromatic nitrogens is 2. The quantitative estimate of drug-likeness (QED) is 0.699. The first kappa shape index (κ1) is 14.9. The summed E-state index contributed by atoms with van der Waals surface area (Å²) >= 11 is 7.30. The Morgan fingerprint density at radius 3 is 2.86 bits per heavy atom. The highest BCUT2D eigenvalue weighted by Gasteiger charge is 2.16. The minimum Gasteiger partial charge on any atom is -0.333 e. The van der Waals surface area contributed by atoms with E-state index in [1.807, 2.05) is 37.3 Å². The number of nitrogens with zero attached hydrogens (tertiary/aromatic N) is 1. The molecule has 0 saturated heterocycles. The van der Waals surface area contributed by atoms with E-state index in [0.717, 1.165) is 16.2 Å². The van der Waals surface area contributed by atoms with Gasteiger partial charge in [-0.25, -0.2) is 4.98 Å². The number of carbonyl (C=O) groups excluding carboxylic acids is 1. The molecule has 0 spiro atoms. The fraction of sp³-hybridized carbons (Fsp3) is 0.125. The molecule has 2 aromatic carbocycles. The van der Waals surface area contributed by atoms with Gasteiger partial charge < -0.3 is 10.3 Å². The number of anilines is 1. The zero-order chi connectivity index (χ0) is 15.5. The standard InChI is InChI=1S/C16H14ClN3OS/c1-10(15(21)18-12-6-4-5-11(17)9-12)22-16-19-13-7-2-3-8-14(13)20-16/h2-10H,1H3,(H,18,21)(H,19,20). The molecule has 1 amide bonds. The number of para-hydroxylation sites is 2. The Morgan fingerprint density at radius 2 is 2.09 bits per heavy atom. The average molecular weight is 332 g/mol. The van der Waals surface area contributed by atoms with Crippen molar-refractivity contribution in [2.75, 3.05) is 5.32 Å². The second kappa shape index (κ2) is 6.42. The van der Waals surface area contributed by atoms with Gasteiger partial charge in [0.25, 0.3) is 0 Å². The third kappa shape index (κ3) is 3.43. The molecule has 2 N–H and O–H groups in total. The first-order valence-electron chi connectivity index (χ1n) is 6.79. The molecular weight excluding hydrogens is 318 g/mol. The van der Waals surface area contributed by atoms with Crippen LogP contribution in [0.25, 0.3) is 11.0 Å². The second-order valence-corrected chi connectivity index (χ2v) is 6.58. The summed E-state index contributed by atoms with van der Waals surface area (Å²) in [5.41, 5.74) is 2.55. The molecule has 0 aliphatic heterocycles. The third-order valence-electron chi connectivity index (χ3n) is 3.12. The Labute approximate surface area is 137 Å². The predicted octanol–water partition coefficient (Wildman–Crippen LogP) is 4.34. The van der Waals surface area contributed by atoms with Crippen molar-refractivity contribution in [2.45, 2.75) is 17.3 Å². The zero-order valence-electron chi connectivity index (χ0n) is 11.8. The number of H-pyrrole nitrogens is 1. The monoisotopic (exact) mass is 331 g/mol. The van der Waals surface area contributed by atoms with Crippen molar-refractivity contribution in [3.8, 4) is 0 Å². The number of hydrogen-bond acceptors (Lipinski definition) is 3. The van der Waals surface area contributed by atoms with Crippen molar-refractivity contribution < 1.29 is 4.79 Å². The molecule has 0 radical (unpaired) electrons. The van der Waals surface area contributed by atoms with E-state index in [1.165, 1.54) is 11.8 Å². The van der Waals surface area contributed by atoms with Gasteiger partial charge in [-0.15, -0.1) is 0 Å². The summed E-state index contributed by atoms with van der Waals surface area (Å²) in [6.45, 7) is 1.84. The predicted molar refractivity (Wildman–Crippen MR) is 91.5 cm³/mol. The molecule has 3 aromatic rings. The molecule has 6 heteroatoms. The number of benzene rings is 2. The van der Waals surface area contributed by atoms with Crippen molar-refractivity contribution in [3.63, 3.8) is 0 Å². The molecule has 0 fully saturated rings. The minimum atomic E-state index is -0.278. The maximum atomic E-state index is 12.2. The van der Waals surface area contributed by atoms with Gasteiger partial charge in [0.1, 0.15) is 0 Å². The summed E-state index contributed by atoms with van der Waals surface area (Å²) in [5, 5.41) is 3.90. The number of nitrogens with one attached hydrogen (secondary N) is 2. The van der Waals surface area contributed by atoms with E-state index in [0.29, 0.717) is 10.7 Å². The molecule has 1 unspecified atom stereocenters. The summed E-state index contributed by atoms with van der Waals surface area (Å²) < 4.78 is 0.